The van der Waals surface area contributed by atoms with Gasteiger partial charge in [0, 0.05) is 6.04 Å². The molecule has 1 atom stereocenters. The summed E-state index contributed by atoms with van der Waals surface area (Å²) in [5, 5.41) is 12.0. The van der Waals surface area contributed by atoms with Crippen molar-refractivity contribution in [3.05, 3.63) is 23.5 Å². The van der Waals surface area contributed by atoms with Crippen molar-refractivity contribution in [1.29, 1.82) is 0 Å². The highest BCUT2D eigenvalue weighted by Gasteiger charge is 2.31. The van der Waals surface area contributed by atoms with Crippen LogP contribution in [0, 0.1) is 11.2 Å². The maximum absolute atomic E-state index is 13.6. The molecular formula is C14H19FN2O2. The largest absolute Gasteiger partial charge is 0.478 e. The highest BCUT2D eigenvalue weighted by molar-refractivity contribution is 5.90. The Bertz CT molecular complexity index is 514. The van der Waals surface area contributed by atoms with Crippen LogP contribution in [-0.2, 0) is 0 Å². The summed E-state index contributed by atoms with van der Waals surface area (Å²) in [7, 11) is 0. The molecule has 0 heterocycles. The van der Waals surface area contributed by atoms with Gasteiger partial charge in [-0.3, -0.25) is 0 Å². The van der Waals surface area contributed by atoms with Crippen molar-refractivity contribution >= 4 is 17.3 Å². The van der Waals surface area contributed by atoms with Gasteiger partial charge >= 0.3 is 5.97 Å². The Labute approximate surface area is 111 Å². The third-order valence-electron chi connectivity index (χ3n) is 3.70. The van der Waals surface area contributed by atoms with Crippen molar-refractivity contribution in [3.8, 4) is 0 Å². The Morgan fingerprint density at radius 2 is 2.21 bits per heavy atom. The van der Waals surface area contributed by atoms with Crippen molar-refractivity contribution in [3.63, 3.8) is 0 Å². The fourth-order valence-corrected chi connectivity index (χ4v) is 2.66. The second kappa shape index (κ2) is 4.72. The summed E-state index contributed by atoms with van der Waals surface area (Å²) in [5.41, 5.74) is 6.42. The van der Waals surface area contributed by atoms with Crippen molar-refractivity contribution in [1.82, 2.24) is 0 Å². The van der Waals surface area contributed by atoms with Gasteiger partial charge in [0.1, 0.15) is 5.82 Å². The number of hydrogen-bond acceptors (Lipinski definition) is 3. The minimum Gasteiger partial charge on any atom is -0.478 e. The molecule has 4 N–H and O–H groups in total. The molecule has 0 bridgehead atoms. The lowest BCUT2D eigenvalue weighted by atomic mass is 9.92. The van der Waals surface area contributed by atoms with Gasteiger partial charge in [0.2, 0.25) is 0 Å². The minimum atomic E-state index is -1.31. The van der Waals surface area contributed by atoms with Gasteiger partial charge in [0.15, 0.2) is 0 Å². The van der Waals surface area contributed by atoms with Crippen LogP contribution in [0.25, 0.3) is 0 Å². The van der Waals surface area contributed by atoms with E-state index in [0.717, 1.165) is 19.3 Å². The first-order valence-electron chi connectivity index (χ1n) is 6.37. The lowest BCUT2D eigenvalue weighted by Crippen LogP contribution is -2.19. The standard InChI is InChI=1S/C14H19FN2O2/c1-14(2)4-3-8(7-14)17-12-6-10(15)9(13(18)19)5-11(12)16/h5-6,8,17H,3-4,7,16H2,1-2H3,(H,18,19). The van der Waals surface area contributed by atoms with Crippen molar-refractivity contribution in [2.45, 2.75) is 39.2 Å². The number of anilines is 2. The zero-order chi connectivity index (χ0) is 14.2. The highest BCUT2D eigenvalue weighted by atomic mass is 19.1. The van der Waals surface area contributed by atoms with E-state index in [1.54, 1.807) is 0 Å². The van der Waals surface area contributed by atoms with Crippen LogP contribution >= 0.6 is 0 Å². The number of hydrogen-bond donors (Lipinski definition) is 3. The van der Waals surface area contributed by atoms with Gasteiger partial charge in [-0.05, 0) is 36.8 Å². The van der Waals surface area contributed by atoms with Gasteiger partial charge in [-0.15, -0.1) is 0 Å². The number of aromatic carboxylic acids is 1. The summed E-state index contributed by atoms with van der Waals surface area (Å²) in [6.45, 7) is 4.40. The number of carbonyl (C=O) groups is 1. The number of nitrogens with two attached hydrogens (primary N) is 1. The van der Waals surface area contributed by atoms with E-state index < -0.39 is 17.3 Å². The first-order valence-corrected chi connectivity index (χ1v) is 6.37. The summed E-state index contributed by atoms with van der Waals surface area (Å²) < 4.78 is 13.6. The van der Waals surface area contributed by atoms with Crippen LogP contribution in [0.2, 0.25) is 0 Å². The van der Waals surface area contributed by atoms with E-state index in [0.29, 0.717) is 5.69 Å². The molecule has 1 aromatic carbocycles. The SMILES string of the molecule is CC1(C)CCC(Nc2cc(F)c(C(=O)O)cc2N)C1. The smallest absolute Gasteiger partial charge is 0.338 e. The van der Waals surface area contributed by atoms with E-state index in [-0.39, 0.29) is 17.1 Å². The van der Waals surface area contributed by atoms with E-state index in [4.69, 9.17) is 10.8 Å². The van der Waals surface area contributed by atoms with Crippen LogP contribution in [0.1, 0.15) is 43.5 Å². The number of benzene rings is 1. The molecule has 0 spiro atoms. The molecule has 1 saturated carbocycles. The van der Waals surface area contributed by atoms with Gasteiger partial charge in [-0.2, -0.15) is 0 Å². The molecule has 1 aliphatic rings. The Kier molecular flexibility index (Phi) is 3.39. The van der Waals surface area contributed by atoms with Crippen molar-refractivity contribution in [2.75, 3.05) is 11.1 Å². The molecule has 1 fully saturated rings. The van der Waals surface area contributed by atoms with Gasteiger partial charge in [0.25, 0.3) is 0 Å². The Morgan fingerprint density at radius 3 is 2.74 bits per heavy atom. The van der Waals surface area contributed by atoms with Crippen LogP contribution in [0.5, 0.6) is 0 Å². The quantitative estimate of drug-likeness (QED) is 0.735. The van der Waals surface area contributed by atoms with Crippen LogP contribution in [0.15, 0.2) is 12.1 Å². The molecule has 0 saturated heterocycles. The molecule has 1 aromatic rings. The predicted molar refractivity (Wildman–Crippen MR) is 72.8 cm³/mol. The van der Waals surface area contributed by atoms with Crippen LogP contribution in [0.3, 0.4) is 0 Å². The summed E-state index contributed by atoms with van der Waals surface area (Å²) in [6.07, 6.45) is 3.11. The number of nitrogen functional groups attached to an aromatic ring is 1. The zero-order valence-corrected chi connectivity index (χ0v) is 11.2. The maximum atomic E-state index is 13.6. The van der Waals surface area contributed by atoms with Crippen LogP contribution in [-0.4, -0.2) is 17.1 Å². The molecule has 104 valence electrons. The van der Waals surface area contributed by atoms with Crippen LogP contribution in [0.4, 0.5) is 15.8 Å². The van der Waals surface area contributed by atoms with Gasteiger partial charge in [-0.25, -0.2) is 9.18 Å². The molecule has 1 unspecified atom stereocenters. The Morgan fingerprint density at radius 1 is 1.53 bits per heavy atom. The topological polar surface area (TPSA) is 75.3 Å². The molecular weight excluding hydrogens is 247 g/mol. The summed E-state index contributed by atoms with van der Waals surface area (Å²) >= 11 is 0. The lowest BCUT2D eigenvalue weighted by molar-refractivity contribution is 0.0692. The second-order valence-corrected chi connectivity index (χ2v) is 5.97. The minimum absolute atomic E-state index is 0.257. The Hall–Kier alpha value is -1.78. The fraction of sp³-hybridized carbons (Fsp3) is 0.500. The zero-order valence-electron chi connectivity index (χ0n) is 11.2. The normalized spacial score (nSPS) is 21.3. The first-order chi connectivity index (χ1) is 8.78. The second-order valence-electron chi connectivity index (χ2n) is 5.97. The average molecular weight is 266 g/mol. The van der Waals surface area contributed by atoms with Crippen molar-refractivity contribution in [2.24, 2.45) is 5.41 Å². The number of carboxylic acids is 1. The fourth-order valence-electron chi connectivity index (χ4n) is 2.66. The maximum Gasteiger partial charge on any atom is 0.338 e. The average Bonchev–Trinajstić information content (AvgIpc) is 2.62. The van der Waals surface area contributed by atoms with Crippen LogP contribution < -0.4 is 11.1 Å². The number of rotatable bonds is 3. The third kappa shape index (κ3) is 2.97. The monoisotopic (exact) mass is 266 g/mol. The highest BCUT2D eigenvalue weighted by Crippen LogP contribution is 2.39. The van der Waals surface area contributed by atoms with Crippen molar-refractivity contribution < 1.29 is 14.3 Å². The van der Waals surface area contributed by atoms with E-state index in [2.05, 4.69) is 19.2 Å². The number of halogens is 1. The number of nitrogens with one attached hydrogen (secondary N) is 1. The Balaban J connectivity index is 2.18. The molecule has 0 amide bonds. The van der Waals surface area contributed by atoms with E-state index >= 15 is 0 Å². The lowest BCUT2D eigenvalue weighted by Gasteiger charge is -2.19. The van der Waals surface area contributed by atoms with Gasteiger partial charge in [-0.1, -0.05) is 13.8 Å². The molecule has 19 heavy (non-hydrogen) atoms. The molecule has 0 aromatic heterocycles. The van der Waals surface area contributed by atoms with E-state index in [1.165, 1.54) is 12.1 Å². The molecule has 2 rings (SSSR count). The predicted octanol–water partition coefficient (Wildman–Crippen LogP) is 3.10. The van der Waals surface area contributed by atoms with Gasteiger partial charge < -0.3 is 16.2 Å². The first kappa shape index (κ1) is 13.6. The molecule has 4 nitrogen and oxygen atoms in total. The summed E-state index contributed by atoms with van der Waals surface area (Å²) in [5.74, 6) is -2.07. The number of carboxylic acid groups (broad SMARTS) is 1. The molecule has 5 heteroatoms. The molecule has 0 aliphatic heterocycles. The third-order valence-corrected chi connectivity index (χ3v) is 3.70. The molecule has 1 aliphatic carbocycles. The van der Waals surface area contributed by atoms with E-state index in [9.17, 15) is 9.18 Å². The summed E-state index contributed by atoms with van der Waals surface area (Å²) in [4.78, 5) is 10.8. The summed E-state index contributed by atoms with van der Waals surface area (Å²) in [6, 6.07) is 2.59. The molecule has 0 radical (unpaired) electrons. The van der Waals surface area contributed by atoms with Gasteiger partial charge in [0.05, 0.1) is 16.9 Å². The van der Waals surface area contributed by atoms with E-state index in [1.807, 2.05) is 0 Å².